The third-order valence-corrected chi connectivity index (χ3v) is 2.42. The maximum absolute atomic E-state index is 12.3. The van der Waals surface area contributed by atoms with Gasteiger partial charge in [-0.25, -0.2) is 9.37 Å². The van der Waals surface area contributed by atoms with Gasteiger partial charge in [0.25, 0.3) is 0 Å². The highest BCUT2D eigenvalue weighted by Crippen LogP contribution is 2.18. The molecule has 1 aromatic heterocycles. The first kappa shape index (κ1) is 10.7. The molecule has 2 rings (SSSR count). The van der Waals surface area contributed by atoms with Gasteiger partial charge in [0.2, 0.25) is 0 Å². The number of rotatable bonds is 4. The van der Waals surface area contributed by atoms with Crippen molar-refractivity contribution in [3.8, 4) is 5.75 Å². The molecule has 0 aliphatic carbocycles. The van der Waals surface area contributed by atoms with Crippen molar-refractivity contribution in [3.63, 3.8) is 0 Å². The number of fused-ring (bicyclic) bond motifs is 1. The lowest BCUT2D eigenvalue weighted by Crippen LogP contribution is -1.99. The van der Waals surface area contributed by atoms with Crippen molar-refractivity contribution in [1.29, 1.82) is 0 Å². The van der Waals surface area contributed by atoms with Gasteiger partial charge in [0.15, 0.2) is 0 Å². The van der Waals surface area contributed by atoms with Crippen molar-refractivity contribution >= 4 is 11.0 Å². The second-order valence-corrected chi connectivity index (χ2v) is 3.49. The molecular formula is C12H13FN2O. The van der Waals surface area contributed by atoms with Crippen LogP contribution >= 0.6 is 0 Å². The number of halogens is 1. The minimum Gasteiger partial charge on any atom is -0.489 e. The predicted octanol–water partition coefficient (Wildman–Crippen LogP) is 3.21. The summed E-state index contributed by atoms with van der Waals surface area (Å²) in [6, 6.07) is 5.55. The first-order valence-electron chi connectivity index (χ1n) is 5.17. The van der Waals surface area contributed by atoms with E-state index < -0.39 is 0 Å². The molecule has 0 unspecified atom stereocenters. The molecular weight excluding hydrogens is 207 g/mol. The highest BCUT2D eigenvalue weighted by atomic mass is 19.1. The van der Waals surface area contributed by atoms with E-state index in [1.807, 2.05) is 25.1 Å². The minimum absolute atomic E-state index is 0.284. The quantitative estimate of drug-likeness (QED) is 0.859. The van der Waals surface area contributed by atoms with Crippen LogP contribution in [0.5, 0.6) is 5.75 Å². The largest absolute Gasteiger partial charge is 0.489 e. The number of H-pyrrole nitrogens is 1. The Labute approximate surface area is 93.0 Å². The Morgan fingerprint density at radius 1 is 1.56 bits per heavy atom. The van der Waals surface area contributed by atoms with E-state index in [-0.39, 0.29) is 6.61 Å². The van der Waals surface area contributed by atoms with Crippen LogP contribution < -0.4 is 4.74 Å². The molecule has 0 aliphatic rings. The van der Waals surface area contributed by atoms with Crippen LogP contribution in [0.4, 0.5) is 4.39 Å². The fraction of sp³-hybridized carbons (Fsp3) is 0.250. The number of imidazole rings is 1. The molecule has 0 amide bonds. The zero-order valence-electron chi connectivity index (χ0n) is 9.03. The van der Waals surface area contributed by atoms with Crippen molar-refractivity contribution in [2.45, 2.75) is 13.3 Å². The molecule has 3 nitrogen and oxygen atoms in total. The van der Waals surface area contributed by atoms with E-state index in [9.17, 15) is 4.39 Å². The molecule has 0 aliphatic heterocycles. The molecule has 0 radical (unpaired) electrons. The highest BCUT2D eigenvalue weighted by molar-refractivity contribution is 5.75. The second kappa shape index (κ2) is 4.79. The van der Waals surface area contributed by atoms with Crippen LogP contribution in [0.3, 0.4) is 0 Å². The Bertz CT molecular complexity index is 504. The van der Waals surface area contributed by atoms with E-state index in [1.165, 1.54) is 0 Å². The van der Waals surface area contributed by atoms with E-state index in [0.717, 1.165) is 11.0 Å². The maximum Gasteiger partial charge on any atom is 0.122 e. The summed E-state index contributed by atoms with van der Waals surface area (Å²) in [6.45, 7) is 2.18. The lowest BCUT2D eigenvalue weighted by atomic mass is 10.2. The predicted molar refractivity (Wildman–Crippen MR) is 61.1 cm³/mol. The van der Waals surface area contributed by atoms with E-state index >= 15 is 0 Å². The molecule has 1 N–H and O–H groups in total. The van der Waals surface area contributed by atoms with Crippen LogP contribution in [0.15, 0.2) is 36.4 Å². The average Bonchev–Trinajstić information content (AvgIpc) is 2.77. The number of ether oxygens (including phenoxy) is 1. The number of nitrogens with zero attached hydrogens (tertiary/aromatic N) is 1. The van der Waals surface area contributed by atoms with Crippen molar-refractivity contribution in [1.82, 2.24) is 9.97 Å². The van der Waals surface area contributed by atoms with Crippen molar-refractivity contribution < 1.29 is 9.13 Å². The smallest absolute Gasteiger partial charge is 0.122 e. The molecule has 0 atom stereocenters. The van der Waals surface area contributed by atoms with Gasteiger partial charge >= 0.3 is 0 Å². The normalized spacial score (nSPS) is 12.0. The van der Waals surface area contributed by atoms with Crippen LogP contribution in [0, 0.1) is 0 Å². The summed E-state index contributed by atoms with van der Waals surface area (Å²) < 4.78 is 17.8. The molecule has 0 bridgehead atoms. The van der Waals surface area contributed by atoms with Gasteiger partial charge < -0.3 is 9.72 Å². The summed E-state index contributed by atoms with van der Waals surface area (Å²) in [5.74, 6) is 0.713. The zero-order chi connectivity index (χ0) is 11.4. The number of benzene rings is 1. The molecule has 0 fully saturated rings. The molecule has 0 saturated heterocycles. The summed E-state index contributed by atoms with van der Waals surface area (Å²) in [4.78, 5) is 7.10. The molecule has 1 aromatic carbocycles. The van der Waals surface area contributed by atoms with Gasteiger partial charge in [0.05, 0.1) is 23.7 Å². The summed E-state index contributed by atoms with van der Waals surface area (Å²) >= 11 is 0. The Kier molecular flexibility index (Phi) is 3.19. The van der Waals surface area contributed by atoms with Gasteiger partial charge in [-0.15, -0.1) is 0 Å². The topological polar surface area (TPSA) is 37.9 Å². The molecule has 0 saturated carbocycles. The summed E-state index contributed by atoms with van der Waals surface area (Å²) in [7, 11) is 0. The van der Waals surface area contributed by atoms with Crippen molar-refractivity contribution in [2.24, 2.45) is 0 Å². The average molecular weight is 220 g/mol. The lowest BCUT2D eigenvalue weighted by molar-refractivity contribution is 0.346. The van der Waals surface area contributed by atoms with Gasteiger partial charge in [0.1, 0.15) is 12.4 Å². The minimum atomic E-state index is 0.284. The molecule has 4 heteroatoms. The first-order chi connectivity index (χ1) is 7.83. The molecule has 2 aromatic rings. The van der Waals surface area contributed by atoms with Gasteiger partial charge in [-0.1, -0.05) is 6.92 Å². The van der Waals surface area contributed by atoms with Crippen LogP contribution in [0.25, 0.3) is 11.0 Å². The van der Waals surface area contributed by atoms with Crippen molar-refractivity contribution in [2.75, 3.05) is 6.61 Å². The number of nitrogens with one attached hydrogen (secondary N) is 1. The zero-order valence-corrected chi connectivity index (χ0v) is 9.03. The van der Waals surface area contributed by atoms with Crippen LogP contribution in [0.2, 0.25) is 0 Å². The van der Waals surface area contributed by atoms with E-state index in [4.69, 9.17) is 4.74 Å². The van der Waals surface area contributed by atoms with E-state index in [2.05, 4.69) is 9.97 Å². The standard InChI is InChI=1S/C12H13FN2O/c1-2-9(6-13)7-16-10-3-4-11-12(5-10)15-8-14-11/h3-6,8H,2,7H2,1H3,(H,14,15)/b9-6+. The molecule has 1 heterocycles. The SMILES string of the molecule is CC/C(=C\F)COc1ccc2nc[nH]c2c1. The Hall–Kier alpha value is -1.84. The highest BCUT2D eigenvalue weighted by Gasteiger charge is 2.00. The molecule has 16 heavy (non-hydrogen) atoms. The van der Waals surface area contributed by atoms with Crippen LogP contribution in [0.1, 0.15) is 13.3 Å². The van der Waals surface area contributed by atoms with Crippen LogP contribution in [-0.2, 0) is 0 Å². The fourth-order valence-corrected chi connectivity index (χ4v) is 1.39. The second-order valence-electron chi connectivity index (χ2n) is 3.49. The van der Waals surface area contributed by atoms with Gasteiger partial charge in [-0.3, -0.25) is 0 Å². The third-order valence-electron chi connectivity index (χ3n) is 2.42. The van der Waals surface area contributed by atoms with Gasteiger partial charge in [-0.05, 0) is 24.1 Å². The Morgan fingerprint density at radius 2 is 2.44 bits per heavy atom. The number of aromatic nitrogens is 2. The Balaban J connectivity index is 2.09. The summed E-state index contributed by atoms with van der Waals surface area (Å²) in [5, 5.41) is 0. The van der Waals surface area contributed by atoms with Crippen molar-refractivity contribution in [3.05, 3.63) is 36.4 Å². The summed E-state index contributed by atoms with van der Waals surface area (Å²) in [6.07, 6.45) is 2.89. The maximum atomic E-state index is 12.3. The Morgan fingerprint density at radius 3 is 3.19 bits per heavy atom. The first-order valence-corrected chi connectivity index (χ1v) is 5.17. The van der Waals surface area contributed by atoms with E-state index in [1.54, 1.807) is 6.33 Å². The fourth-order valence-electron chi connectivity index (χ4n) is 1.39. The number of hydrogen-bond acceptors (Lipinski definition) is 2. The lowest BCUT2D eigenvalue weighted by Gasteiger charge is -2.06. The third kappa shape index (κ3) is 2.21. The van der Waals surface area contributed by atoms with Gasteiger partial charge in [-0.2, -0.15) is 0 Å². The van der Waals surface area contributed by atoms with E-state index in [0.29, 0.717) is 24.1 Å². The molecule has 0 spiro atoms. The number of aromatic amines is 1. The monoisotopic (exact) mass is 220 g/mol. The molecule has 84 valence electrons. The number of hydrogen-bond donors (Lipinski definition) is 1. The van der Waals surface area contributed by atoms with Gasteiger partial charge in [0, 0.05) is 6.07 Å². The summed E-state index contributed by atoms with van der Waals surface area (Å²) in [5.41, 5.74) is 2.45. The van der Waals surface area contributed by atoms with Crippen LogP contribution in [-0.4, -0.2) is 16.6 Å².